The maximum absolute atomic E-state index is 10.5. The molecule has 1 fully saturated rings. The van der Waals surface area contributed by atoms with Crippen LogP contribution in [0.4, 0.5) is 0 Å². The van der Waals surface area contributed by atoms with Gasteiger partial charge in [0.05, 0.1) is 19.4 Å². The summed E-state index contributed by atoms with van der Waals surface area (Å²) in [4.78, 5) is 0. The number of ether oxygens (including phenoxy) is 3. The molecule has 2 heterocycles. The van der Waals surface area contributed by atoms with E-state index < -0.39 is 37.3 Å². The van der Waals surface area contributed by atoms with Crippen LogP contribution in [0.5, 0.6) is 11.6 Å². The second kappa shape index (κ2) is 11.2. The first-order chi connectivity index (χ1) is 17.0. The van der Waals surface area contributed by atoms with Crippen molar-refractivity contribution >= 4 is 0 Å². The number of nitrogens with zero attached hydrogens (tertiary/aromatic N) is 2. The summed E-state index contributed by atoms with van der Waals surface area (Å²) < 4.78 is 18.8. The van der Waals surface area contributed by atoms with Crippen LogP contribution < -0.4 is 9.47 Å². The Labute approximate surface area is 204 Å². The van der Waals surface area contributed by atoms with E-state index in [0.717, 1.165) is 34.6 Å². The number of benzene rings is 2. The van der Waals surface area contributed by atoms with Crippen LogP contribution in [0.3, 0.4) is 0 Å². The summed E-state index contributed by atoms with van der Waals surface area (Å²) in [7, 11) is 1.61. The van der Waals surface area contributed by atoms with E-state index in [9.17, 15) is 20.4 Å². The summed E-state index contributed by atoms with van der Waals surface area (Å²) in [5, 5.41) is 45.1. The SMILES string of the molecule is CCCn1nc(O[C@@H]2O[C@H](CO)[C@@H](O)[C@H](O)[C@H]2O)c(Cc2ccc(OC)cc2)c1-c1ccccc1. The minimum absolute atomic E-state index is 0.248. The highest BCUT2D eigenvalue weighted by atomic mass is 16.7. The molecule has 4 rings (SSSR count). The molecule has 1 aromatic heterocycles. The van der Waals surface area contributed by atoms with Crippen LogP contribution in [0.15, 0.2) is 54.6 Å². The molecule has 9 nitrogen and oxygen atoms in total. The summed E-state index contributed by atoms with van der Waals surface area (Å²) >= 11 is 0. The number of hydrogen-bond acceptors (Lipinski definition) is 8. The number of methoxy groups -OCH3 is 1. The number of aryl methyl sites for hydroxylation is 1. The molecule has 9 heteroatoms. The fraction of sp³-hybridized carbons (Fsp3) is 0.423. The van der Waals surface area contributed by atoms with E-state index in [1.165, 1.54) is 0 Å². The fourth-order valence-corrected chi connectivity index (χ4v) is 4.25. The summed E-state index contributed by atoms with van der Waals surface area (Å²) in [6, 6.07) is 17.5. The molecule has 0 aliphatic carbocycles. The largest absolute Gasteiger partial charge is 0.497 e. The zero-order valence-corrected chi connectivity index (χ0v) is 19.8. The molecule has 2 aromatic carbocycles. The monoisotopic (exact) mass is 484 g/mol. The highest BCUT2D eigenvalue weighted by Crippen LogP contribution is 2.35. The average Bonchev–Trinajstić information content (AvgIpc) is 3.21. The van der Waals surface area contributed by atoms with Crippen LogP contribution in [0, 0.1) is 0 Å². The molecule has 0 saturated carbocycles. The quantitative estimate of drug-likeness (QED) is 0.362. The molecule has 4 N–H and O–H groups in total. The van der Waals surface area contributed by atoms with Gasteiger partial charge in [0, 0.05) is 24.1 Å². The molecule has 5 atom stereocenters. The molecule has 3 aromatic rings. The molecule has 0 amide bonds. The van der Waals surface area contributed by atoms with E-state index in [0.29, 0.717) is 13.0 Å². The number of aliphatic hydroxyl groups excluding tert-OH is 4. The van der Waals surface area contributed by atoms with Crippen molar-refractivity contribution in [2.75, 3.05) is 13.7 Å². The van der Waals surface area contributed by atoms with Gasteiger partial charge >= 0.3 is 0 Å². The topological polar surface area (TPSA) is 126 Å². The normalized spacial score (nSPS) is 24.3. The lowest BCUT2D eigenvalue weighted by Gasteiger charge is -2.39. The molecule has 35 heavy (non-hydrogen) atoms. The first kappa shape index (κ1) is 25.2. The molecule has 0 spiro atoms. The number of hydrogen-bond donors (Lipinski definition) is 4. The fourth-order valence-electron chi connectivity index (χ4n) is 4.25. The van der Waals surface area contributed by atoms with Crippen LogP contribution in [0.2, 0.25) is 0 Å². The summed E-state index contributed by atoms with van der Waals surface area (Å²) in [5.41, 5.74) is 3.62. The lowest BCUT2D eigenvalue weighted by molar-refractivity contribution is -0.278. The highest BCUT2D eigenvalue weighted by molar-refractivity contribution is 5.67. The summed E-state index contributed by atoms with van der Waals surface area (Å²) in [6.07, 6.45) is -5.62. The van der Waals surface area contributed by atoms with Gasteiger partial charge in [-0.05, 0) is 24.1 Å². The van der Waals surface area contributed by atoms with Gasteiger partial charge in [0.25, 0.3) is 0 Å². The first-order valence-electron chi connectivity index (χ1n) is 11.7. The van der Waals surface area contributed by atoms with E-state index in [-0.39, 0.29) is 5.88 Å². The molecule has 1 saturated heterocycles. The molecular formula is C26H32N2O7. The van der Waals surface area contributed by atoms with Gasteiger partial charge in [0.15, 0.2) is 0 Å². The van der Waals surface area contributed by atoms with E-state index in [1.54, 1.807) is 7.11 Å². The molecule has 1 aliphatic heterocycles. The van der Waals surface area contributed by atoms with Crippen molar-refractivity contribution in [3.8, 4) is 22.9 Å². The lowest BCUT2D eigenvalue weighted by atomic mass is 9.99. The van der Waals surface area contributed by atoms with Crippen molar-refractivity contribution in [1.82, 2.24) is 9.78 Å². The van der Waals surface area contributed by atoms with Crippen molar-refractivity contribution in [2.45, 2.75) is 57.0 Å². The Balaban J connectivity index is 1.76. The third kappa shape index (κ3) is 5.34. The van der Waals surface area contributed by atoms with Gasteiger partial charge in [-0.1, -0.05) is 49.4 Å². The molecule has 0 unspecified atom stereocenters. The zero-order valence-electron chi connectivity index (χ0n) is 19.8. The third-order valence-electron chi connectivity index (χ3n) is 6.11. The molecule has 188 valence electrons. The Morgan fingerprint density at radius 1 is 0.971 bits per heavy atom. The predicted molar refractivity (Wildman–Crippen MR) is 128 cm³/mol. The van der Waals surface area contributed by atoms with Gasteiger partial charge in [-0.25, -0.2) is 0 Å². The van der Waals surface area contributed by atoms with Crippen LogP contribution in [0.25, 0.3) is 11.3 Å². The van der Waals surface area contributed by atoms with Gasteiger partial charge in [0.1, 0.15) is 30.2 Å². The van der Waals surface area contributed by atoms with Gasteiger partial charge in [-0.3, -0.25) is 4.68 Å². The van der Waals surface area contributed by atoms with Crippen LogP contribution >= 0.6 is 0 Å². The zero-order chi connectivity index (χ0) is 24.9. The van der Waals surface area contributed by atoms with E-state index in [4.69, 9.17) is 19.3 Å². The summed E-state index contributed by atoms with van der Waals surface area (Å²) in [5.74, 6) is 0.994. The van der Waals surface area contributed by atoms with Gasteiger partial charge < -0.3 is 34.6 Å². The van der Waals surface area contributed by atoms with Crippen LogP contribution in [-0.2, 0) is 17.7 Å². The first-order valence-corrected chi connectivity index (χ1v) is 11.7. The Morgan fingerprint density at radius 3 is 2.31 bits per heavy atom. The minimum atomic E-state index is -1.54. The molecule has 0 bridgehead atoms. The van der Waals surface area contributed by atoms with Crippen molar-refractivity contribution < 1.29 is 34.6 Å². The Morgan fingerprint density at radius 2 is 1.69 bits per heavy atom. The lowest BCUT2D eigenvalue weighted by Crippen LogP contribution is -2.60. The Bertz CT molecular complexity index is 1090. The highest BCUT2D eigenvalue weighted by Gasteiger charge is 2.45. The molecule has 1 aliphatic rings. The Kier molecular flexibility index (Phi) is 8.04. The van der Waals surface area contributed by atoms with Crippen LogP contribution in [-0.4, -0.2) is 74.6 Å². The van der Waals surface area contributed by atoms with Crippen molar-refractivity contribution in [2.24, 2.45) is 0 Å². The maximum Gasteiger partial charge on any atom is 0.239 e. The third-order valence-corrected chi connectivity index (χ3v) is 6.11. The van der Waals surface area contributed by atoms with E-state index >= 15 is 0 Å². The van der Waals surface area contributed by atoms with E-state index in [2.05, 4.69) is 6.92 Å². The minimum Gasteiger partial charge on any atom is -0.497 e. The van der Waals surface area contributed by atoms with Crippen molar-refractivity contribution in [3.05, 3.63) is 65.7 Å². The molecule has 0 radical (unpaired) electrons. The van der Waals surface area contributed by atoms with E-state index in [1.807, 2.05) is 59.3 Å². The smallest absolute Gasteiger partial charge is 0.239 e. The van der Waals surface area contributed by atoms with Gasteiger partial charge in [-0.15, -0.1) is 5.10 Å². The Hall–Kier alpha value is -2.95. The van der Waals surface area contributed by atoms with Crippen LogP contribution in [0.1, 0.15) is 24.5 Å². The number of aromatic nitrogens is 2. The molecular weight excluding hydrogens is 452 g/mol. The van der Waals surface area contributed by atoms with Gasteiger partial charge in [0.2, 0.25) is 12.2 Å². The standard InChI is InChI=1S/C26H32N2O7/c1-3-13-28-21(17-7-5-4-6-8-17)19(14-16-9-11-18(33-2)12-10-16)25(27-28)35-26-24(32)23(31)22(30)20(15-29)34-26/h4-12,20,22-24,26,29-32H,3,13-15H2,1-2H3/t20-,22-,23+,24-,26+/m1/s1. The average molecular weight is 485 g/mol. The maximum atomic E-state index is 10.5. The van der Waals surface area contributed by atoms with Crippen molar-refractivity contribution in [1.29, 1.82) is 0 Å². The second-order valence-electron chi connectivity index (χ2n) is 8.56. The number of aliphatic hydroxyl groups is 4. The predicted octanol–water partition coefficient (Wildman–Crippen LogP) is 1.74. The van der Waals surface area contributed by atoms with Crippen molar-refractivity contribution in [3.63, 3.8) is 0 Å². The number of rotatable bonds is 9. The van der Waals surface area contributed by atoms with Gasteiger partial charge in [-0.2, -0.15) is 0 Å². The summed E-state index contributed by atoms with van der Waals surface area (Å²) in [6.45, 7) is 2.15. The second-order valence-corrected chi connectivity index (χ2v) is 8.56.